The third kappa shape index (κ3) is 17.6. The maximum atomic E-state index is 9.83. The van der Waals surface area contributed by atoms with E-state index in [0.29, 0.717) is 6.42 Å². The Morgan fingerprint density at radius 3 is 1.64 bits per heavy atom. The molecule has 0 aromatic rings. The molecule has 0 atom stereocenters. The summed E-state index contributed by atoms with van der Waals surface area (Å²) < 4.78 is 0. The SMILES string of the molecule is C=C(C)C.C=C(CC)C(=O)O. The first-order valence-corrected chi connectivity index (χ1v) is 3.45. The van der Waals surface area contributed by atoms with Gasteiger partial charge in [0, 0.05) is 5.57 Å². The van der Waals surface area contributed by atoms with Crippen LogP contribution in [-0.4, -0.2) is 11.1 Å². The van der Waals surface area contributed by atoms with E-state index in [1.807, 2.05) is 13.8 Å². The number of carboxylic acid groups (broad SMARTS) is 1. The standard InChI is InChI=1S/C5H8O2.C4H8/c1-3-4(2)5(6)7;1-4(2)3/h2-3H2,1H3,(H,6,7);1H2,2-3H3. The van der Waals surface area contributed by atoms with Crippen molar-refractivity contribution in [2.75, 3.05) is 0 Å². The molecular formula is C9H16O2. The van der Waals surface area contributed by atoms with Crippen LogP contribution >= 0.6 is 0 Å². The minimum absolute atomic E-state index is 0.264. The third-order valence-electron chi connectivity index (χ3n) is 0.729. The van der Waals surface area contributed by atoms with E-state index in [4.69, 9.17) is 5.11 Å². The molecule has 0 aliphatic heterocycles. The van der Waals surface area contributed by atoms with Gasteiger partial charge in [-0.25, -0.2) is 4.79 Å². The summed E-state index contributed by atoms with van der Waals surface area (Å²) >= 11 is 0. The van der Waals surface area contributed by atoms with Gasteiger partial charge in [-0.1, -0.05) is 19.1 Å². The zero-order chi connectivity index (χ0) is 9.44. The Morgan fingerprint density at radius 2 is 1.64 bits per heavy atom. The summed E-state index contributed by atoms with van der Waals surface area (Å²) in [5.41, 5.74) is 1.43. The normalized spacial score (nSPS) is 7.55. The van der Waals surface area contributed by atoms with Gasteiger partial charge in [0.1, 0.15) is 0 Å². The van der Waals surface area contributed by atoms with E-state index in [-0.39, 0.29) is 5.57 Å². The monoisotopic (exact) mass is 156 g/mol. The number of carboxylic acids is 1. The molecule has 0 heterocycles. The van der Waals surface area contributed by atoms with Crippen molar-refractivity contribution in [2.24, 2.45) is 0 Å². The van der Waals surface area contributed by atoms with Crippen molar-refractivity contribution in [1.82, 2.24) is 0 Å². The van der Waals surface area contributed by atoms with Crippen LogP contribution in [0.4, 0.5) is 0 Å². The fourth-order valence-electron chi connectivity index (χ4n) is 0.151. The van der Waals surface area contributed by atoms with E-state index in [0.717, 1.165) is 0 Å². The molecule has 0 fully saturated rings. The van der Waals surface area contributed by atoms with Crippen molar-refractivity contribution in [2.45, 2.75) is 27.2 Å². The lowest BCUT2D eigenvalue weighted by Crippen LogP contribution is -1.95. The number of aliphatic carboxylic acids is 1. The predicted molar refractivity (Wildman–Crippen MR) is 47.6 cm³/mol. The smallest absolute Gasteiger partial charge is 0.330 e. The molecule has 0 aliphatic carbocycles. The number of carbonyl (C=O) groups is 1. The van der Waals surface area contributed by atoms with Crippen LogP contribution in [0.1, 0.15) is 27.2 Å². The fourth-order valence-corrected chi connectivity index (χ4v) is 0.151. The average Bonchev–Trinajstić information content (AvgIpc) is 1.85. The van der Waals surface area contributed by atoms with Crippen molar-refractivity contribution in [3.8, 4) is 0 Å². The van der Waals surface area contributed by atoms with Gasteiger partial charge in [-0.3, -0.25) is 0 Å². The molecule has 0 bridgehead atoms. The van der Waals surface area contributed by atoms with Crippen LogP contribution in [0.15, 0.2) is 24.3 Å². The van der Waals surface area contributed by atoms with Crippen molar-refractivity contribution in [1.29, 1.82) is 0 Å². The second kappa shape index (κ2) is 7.06. The van der Waals surface area contributed by atoms with Gasteiger partial charge in [0.15, 0.2) is 0 Å². The van der Waals surface area contributed by atoms with Crippen LogP contribution in [0.2, 0.25) is 0 Å². The van der Waals surface area contributed by atoms with Gasteiger partial charge in [0.25, 0.3) is 0 Å². The maximum absolute atomic E-state index is 9.83. The van der Waals surface area contributed by atoms with Gasteiger partial charge in [-0.05, 0) is 20.3 Å². The largest absolute Gasteiger partial charge is 0.478 e. The van der Waals surface area contributed by atoms with E-state index in [1.54, 1.807) is 6.92 Å². The van der Waals surface area contributed by atoms with Crippen LogP contribution < -0.4 is 0 Å². The lowest BCUT2D eigenvalue weighted by atomic mass is 10.2. The first-order chi connectivity index (χ1) is 4.91. The maximum Gasteiger partial charge on any atom is 0.330 e. The van der Waals surface area contributed by atoms with E-state index >= 15 is 0 Å². The molecule has 0 aromatic heterocycles. The molecule has 0 amide bonds. The summed E-state index contributed by atoms with van der Waals surface area (Å²) in [7, 11) is 0. The van der Waals surface area contributed by atoms with Crippen molar-refractivity contribution >= 4 is 5.97 Å². The van der Waals surface area contributed by atoms with Gasteiger partial charge >= 0.3 is 5.97 Å². The van der Waals surface area contributed by atoms with Gasteiger partial charge < -0.3 is 5.11 Å². The molecule has 0 radical (unpaired) electrons. The molecule has 0 spiro atoms. The van der Waals surface area contributed by atoms with Crippen LogP contribution in [0.3, 0.4) is 0 Å². The molecular weight excluding hydrogens is 140 g/mol. The second-order valence-corrected chi connectivity index (χ2v) is 2.47. The lowest BCUT2D eigenvalue weighted by Gasteiger charge is -1.87. The molecule has 0 aromatic carbocycles. The number of rotatable bonds is 2. The molecule has 11 heavy (non-hydrogen) atoms. The highest BCUT2D eigenvalue weighted by atomic mass is 16.4. The Kier molecular flexibility index (Phi) is 8.10. The first kappa shape index (κ1) is 12.6. The summed E-state index contributed by atoms with van der Waals surface area (Å²) in [6, 6.07) is 0. The van der Waals surface area contributed by atoms with E-state index in [9.17, 15) is 4.79 Å². The molecule has 0 aliphatic rings. The summed E-state index contributed by atoms with van der Waals surface area (Å²) in [5.74, 6) is -0.900. The third-order valence-corrected chi connectivity index (χ3v) is 0.729. The van der Waals surface area contributed by atoms with E-state index in [2.05, 4.69) is 13.2 Å². The van der Waals surface area contributed by atoms with Crippen molar-refractivity contribution in [3.63, 3.8) is 0 Å². The van der Waals surface area contributed by atoms with Gasteiger partial charge in [-0.15, -0.1) is 6.58 Å². The number of hydrogen-bond acceptors (Lipinski definition) is 1. The van der Waals surface area contributed by atoms with Gasteiger partial charge in [0.2, 0.25) is 0 Å². The van der Waals surface area contributed by atoms with Crippen LogP contribution in [0, 0.1) is 0 Å². The zero-order valence-corrected chi connectivity index (χ0v) is 7.48. The molecule has 0 saturated heterocycles. The fraction of sp³-hybridized carbons (Fsp3) is 0.444. The second-order valence-electron chi connectivity index (χ2n) is 2.47. The quantitative estimate of drug-likeness (QED) is 0.493. The molecule has 0 rings (SSSR count). The van der Waals surface area contributed by atoms with Crippen LogP contribution in [0.5, 0.6) is 0 Å². The van der Waals surface area contributed by atoms with Crippen LogP contribution in [0.25, 0.3) is 0 Å². The Bertz CT molecular complexity index is 153. The minimum Gasteiger partial charge on any atom is -0.478 e. The Balaban J connectivity index is 0. The van der Waals surface area contributed by atoms with Crippen molar-refractivity contribution < 1.29 is 9.90 Å². The summed E-state index contributed by atoms with van der Waals surface area (Å²) in [5, 5.41) is 8.08. The van der Waals surface area contributed by atoms with Crippen molar-refractivity contribution in [3.05, 3.63) is 24.3 Å². The summed E-state index contributed by atoms with van der Waals surface area (Å²) in [6.07, 6.45) is 0.523. The zero-order valence-electron chi connectivity index (χ0n) is 7.48. The number of hydrogen-bond donors (Lipinski definition) is 1. The predicted octanol–water partition coefficient (Wildman–Crippen LogP) is 2.62. The topological polar surface area (TPSA) is 37.3 Å². The molecule has 1 N–H and O–H groups in total. The molecule has 0 unspecified atom stereocenters. The number of allylic oxidation sites excluding steroid dienone is 1. The van der Waals surface area contributed by atoms with E-state index in [1.165, 1.54) is 5.57 Å². The molecule has 64 valence electrons. The first-order valence-electron chi connectivity index (χ1n) is 3.45. The van der Waals surface area contributed by atoms with Gasteiger partial charge in [-0.2, -0.15) is 0 Å². The highest BCUT2D eigenvalue weighted by Crippen LogP contribution is 1.93. The molecule has 2 nitrogen and oxygen atoms in total. The minimum atomic E-state index is -0.900. The highest BCUT2D eigenvalue weighted by Gasteiger charge is 1.96. The molecule has 0 saturated carbocycles. The van der Waals surface area contributed by atoms with E-state index < -0.39 is 5.97 Å². The average molecular weight is 156 g/mol. The Hall–Kier alpha value is -1.05. The Morgan fingerprint density at radius 1 is 1.36 bits per heavy atom. The summed E-state index contributed by atoms with van der Waals surface area (Å²) in [6.45, 7) is 12.5. The molecule has 2 heteroatoms. The van der Waals surface area contributed by atoms with Crippen LogP contribution in [-0.2, 0) is 4.79 Å². The van der Waals surface area contributed by atoms with Gasteiger partial charge in [0.05, 0.1) is 0 Å². The lowest BCUT2D eigenvalue weighted by molar-refractivity contribution is -0.132. The highest BCUT2D eigenvalue weighted by molar-refractivity contribution is 5.85. The Labute approximate surface area is 68.2 Å². The summed E-state index contributed by atoms with van der Waals surface area (Å²) in [4.78, 5) is 9.83.